The van der Waals surface area contributed by atoms with Crippen molar-refractivity contribution in [2.45, 2.75) is 6.42 Å². The molecule has 0 bridgehead atoms. The van der Waals surface area contributed by atoms with Gasteiger partial charge in [-0.25, -0.2) is 9.37 Å². The second kappa shape index (κ2) is 5.06. The van der Waals surface area contributed by atoms with E-state index in [0.717, 1.165) is 6.07 Å². The van der Waals surface area contributed by atoms with Gasteiger partial charge in [0, 0.05) is 5.02 Å². The Bertz CT molecular complexity index is 764. The number of ketones is 1. The lowest BCUT2D eigenvalue weighted by Gasteiger charge is -2.00. The maximum absolute atomic E-state index is 13.7. The molecule has 3 aromatic rings. The maximum atomic E-state index is 13.7. The van der Waals surface area contributed by atoms with E-state index in [2.05, 4.69) is 4.98 Å². The Morgan fingerprint density at radius 1 is 1.25 bits per heavy atom. The summed E-state index contributed by atoms with van der Waals surface area (Å²) in [5, 5.41) is 0.251. The molecule has 5 heteroatoms. The number of hydrogen-bond acceptors (Lipinski definition) is 3. The molecule has 0 saturated carbocycles. The molecular weight excluding hydrogens is 281 g/mol. The normalized spacial score (nSPS) is 10.9. The molecule has 0 saturated heterocycles. The number of nitrogens with zero attached hydrogens (tertiary/aromatic N) is 1. The molecule has 20 heavy (non-hydrogen) atoms. The van der Waals surface area contributed by atoms with Crippen LogP contribution in [0, 0.1) is 5.82 Å². The summed E-state index contributed by atoms with van der Waals surface area (Å²) in [6.07, 6.45) is -0.0900. The molecule has 0 unspecified atom stereocenters. The number of aromatic nitrogens is 1. The van der Waals surface area contributed by atoms with Crippen molar-refractivity contribution in [2.24, 2.45) is 0 Å². The molecule has 0 radical (unpaired) electrons. The third-order valence-corrected chi connectivity index (χ3v) is 3.12. The quantitative estimate of drug-likeness (QED) is 0.683. The summed E-state index contributed by atoms with van der Waals surface area (Å²) in [5.41, 5.74) is 1.26. The minimum atomic E-state index is -0.640. The van der Waals surface area contributed by atoms with Gasteiger partial charge in [0.25, 0.3) is 0 Å². The minimum absolute atomic E-state index is 0.0170. The molecule has 0 aliphatic rings. The highest BCUT2D eigenvalue weighted by Gasteiger charge is 2.16. The van der Waals surface area contributed by atoms with E-state index < -0.39 is 11.6 Å². The standard InChI is InChI=1S/C15H9ClFNO2/c16-9-5-6-10(11(17)7-9)13(19)8-15-18-12-3-1-2-4-14(12)20-15/h1-7H,8H2. The first-order chi connectivity index (χ1) is 9.63. The van der Waals surface area contributed by atoms with Crippen LogP contribution < -0.4 is 0 Å². The molecule has 3 nitrogen and oxygen atoms in total. The van der Waals surface area contributed by atoms with Crippen LogP contribution in [0.25, 0.3) is 11.1 Å². The van der Waals surface area contributed by atoms with Crippen molar-refractivity contribution in [3.63, 3.8) is 0 Å². The van der Waals surface area contributed by atoms with Gasteiger partial charge in [0.05, 0.1) is 12.0 Å². The van der Waals surface area contributed by atoms with Gasteiger partial charge < -0.3 is 4.42 Å². The highest BCUT2D eigenvalue weighted by molar-refractivity contribution is 6.30. The Labute approximate surface area is 119 Å². The van der Waals surface area contributed by atoms with Crippen molar-refractivity contribution in [2.75, 3.05) is 0 Å². The number of para-hydroxylation sites is 2. The second-order valence-electron chi connectivity index (χ2n) is 4.30. The molecular formula is C15H9ClFNO2. The van der Waals surface area contributed by atoms with Crippen LogP contribution in [0.4, 0.5) is 4.39 Å². The highest BCUT2D eigenvalue weighted by atomic mass is 35.5. The molecule has 0 aliphatic heterocycles. The summed E-state index contributed by atoms with van der Waals surface area (Å²) < 4.78 is 19.1. The van der Waals surface area contributed by atoms with Crippen LogP contribution in [-0.4, -0.2) is 10.8 Å². The summed E-state index contributed by atoms with van der Waals surface area (Å²) in [7, 11) is 0. The van der Waals surface area contributed by atoms with Gasteiger partial charge in [-0.1, -0.05) is 23.7 Å². The zero-order chi connectivity index (χ0) is 14.1. The number of halogens is 2. The van der Waals surface area contributed by atoms with E-state index in [1.807, 2.05) is 12.1 Å². The predicted molar refractivity (Wildman–Crippen MR) is 73.5 cm³/mol. The first kappa shape index (κ1) is 12.8. The molecule has 0 aliphatic carbocycles. The number of oxazole rings is 1. The van der Waals surface area contributed by atoms with E-state index in [-0.39, 0.29) is 22.9 Å². The fraction of sp³-hybridized carbons (Fsp3) is 0.0667. The van der Waals surface area contributed by atoms with E-state index in [4.69, 9.17) is 16.0 Å². The van der Waals surface area contributed by atoms with Crippen LogP contribution in [0.15, 0.2) is 46.9 Å². The Hall–Kier alpha value is -2.20. The Balaban J connectivity index is 1.88. The molecule has 0 fully saturated rings. The number of carbonyl (C=O) groups excluding carboxylic acids is 1. The van der Waals surface area contributed by atoms with Crippen molar-refractivity contribution in [1.29, 1.82) is 0 Å². The van der Waals surface area contributed by atoms with Crippen molar-refractivity contribution < 1.29 is 13.6 Å². The SMILES string of the molecule is O=C(Cc1nc2ccccc2o1)c1ccc(Cl)cc1F. The number of hydrogen-bond donors (Lipinski definition) is 0. The van der Waals surface area contributed by atoms with Gasteiger partial charge in [-0.05, 0) is 30.3 Å². The van der Waals surface area contributed by atoms with Gasteiger partial charge in [-0.3, -0.25) is 4.79 Å². The Morgan fingerprint density at radius 2 is 2.05 bits per heavy atom. The van der Waals surface area contributed by atoms with E-state index in [0.29, 0.717) is 11.1 Å². The van der Waals surface area contributed by atoms with E-state index in [1.54, 1.807) is 12.1 Å². The smallest absolute Gasteiger partial charge is 0.203 e. The first-order valence-electron chi connectivity index (χ1n) is 5.96. The Morgan fingerprint density at radius 3 is 2.80 bits per heavy atom. The third kappa shape index (κ3) is 2.42. The van der Waals surface area contributed by atoms with Gasteiger partial charge >= 0.3 is 0 Å². The topological polar surface area (TPSA) is 43.1 Å². The van der Waals surface area contributed by atoms with Crippen molar-refractivity contribution in [3.05, 3.63) is 64.8 Å². The zero-order valence-electron chi connectivity index (χ0n) is 10.3. The minimum Gasteiger partial charge on any atom is -0.440 e. The molecule has 3 rings (SSSR count). The van der Waals surface area contributed by atoms with Crippen LogP contribution in [0.1, 0.15) is 16.2 Å². The number of carbonyl (C=O) groups is 1. The molecule has 2 aromatic carbocycles. The number of Topliss-reactive ketones (excluding diaryl/α,β-unsaturated/α-hetero) is 1. The van der Waals surface area contributed by atoms with Gasteiger partial charge in [-0.15, -0.1) is 0 Å². The molecule has 1 heterocycles. The van der Waals surface area contributed by atoms with Crippen LogP contribution in [-0.2, 0) is 6.42 Å². The maximum Gasteiger partial charge on any atom is 0.203 e. The fourth-order valence-corrected chi connectivity index (χ4v) is 2.10. The molecule has 100 valence electrons. The molecule has 0 N–H and O–H groups in total. The van der Waals surface area contributed by atoms with Crippen molar-refractivity contribution in [1.82, 2.24) is 4.98 Å². The lowest BCUT2D eigenvalue weighted by Crippen LogP contribution is -2.06. The van der Waals surface area contributed by atoms with E-state index in [1.165, 1.54) is 12.1 Å². The van der Waals surface area contributed by atoms with Crippen molar-refractivity contribution in [3.8, 4) is 0 Å². The number of rotatable bonds is 3. The summed E-state index contributed by atoms with van der Waals surface area (Å²) >= 11 is 5.65. The predicted octanol–water partition coefficient (Wildman–Crippen LogP) is 4.05. The lowest BCUT2D eigenvalue weighted by atomic mass is 10.1. The van der Waals surface area contributed by atoms with Crippen LogP contribution in [0.5, 0.6) is 0 Å². The third-order valence-electron chi connectivity index (χ3n) is 2.88. The van der Waals surface area contributed by atoms with Gasteiger partial charge in [0.2, 0.25) is 5.89 Å². The fourth-order valence-electron chi connectivity index (χ4n) is 1.94. The summed E-state index contributed by atoms with van der Waals surface area (Å²) in [4.78, 5) is 16.2. The van der Waals surface area contributed by atoms with Gasteiger partial charge in [0.1, 0.15) is 11.3 Å². The van der Waals surface area contributed by atoms with E-state index >= 15 is 0 Å². The molecule has 0 spiro atoms. The molecule has 0 amide bonds. The van der Waals surface area contributed by atoms with Gasteiger partial charge in [-0.2, -0.15) is 0 Å². The highest BCUT2D eigenvalue weighted by Crippen LogP contribution is 2.19. The number of fused-ring (bicyclic) bond motifs is 1. The monoisotopic (exact) mass is 289 g/mol. The first-order valence-corrected chi connectivity index (χ1v) is 6.34. The van der Waals surface area contributed by atoms with Gasteiger partial charge in [0.15, 0.2) is 11.4 Å². The lowest BCUT2D eigenvalue weighted by molar-refractivity contribution is 0.0982. The average Bonchev–Trinajstić information content (AvgIpc) is 2.80. The van der Waals surface area contributed by atoms with Crippen LogP contribution in [0.2, 0.25) is 5.02 Å². The largest absolute Gasteiger partial charge is 0.440 e. The average molecular weight is 290 g/mol. The summed E-state index contributed by atoms with van der Waals surface area (Å²) in [6, 6.07) is 11.1. The van der Waals surface area contributed by atoms with Crippen molar-refractivity contribution >= 4 is 28.5 Å². The Kier molecular flexibility index (Phi) is 3.24. The summed E-state index contributed by atoms with van der Waals surface area (Å²) in [6.45, 7) is 0. The van der Waals surface area contributed by atoms with Crippen LogP contribution in [0.3, 0.4) is 0 Å². The molecule has 0 atom stereocenters. The zero-order valence-corrected chi connectivity index (χ0v) is 11.0. The van der Waals surface area contributed by atoms with Crippen LogP contribution >= 0.6 is 11.6 Å². The second-order valence-corrected chi connectivity index (χ2v) is 4.74. The number of benzene rings is 2. The molecule has 1 aromatic heterocycles. The summed E-state index contributed by atoms with van der Waals surface area (Å²) in [5.74, 6) is -0.769. The van der Waals surface area contributed by atoms with E-state index in [9.17, 15) is 9.18 Å².